The fourth-order valence-corrected chi connectivity index (χ4v) is 8.72. The van der Waals surface area contributed by atoms with Crippen LogP contribution in [0.2, 0.25) is 0 Å². The van der Waals surface area contributed by atoms with Crippen LogP contribution in [0.3, 0.4) is 0 Å². The zero-order valence-electron chi connectivity index (χ0n) is 39.7. The van der Waals surface area contributed by atoms with E-state index < -0.39 is 114 Å². The van der Waals surface area contributed by atoms with Crippen molar-refractivity contribution in [2.45, 2.75) is 120 Å². The third-order valence-corrected chi connectivity index (χ3v) is 12.5. The summed E-state index contributed by atoms with van der Waals surface area (Å²) in [5, 5.41) is 44.5. The van der Waals surface area contributed by atoms with Crippen molar-refractivity contribution < 1.29 is 58.2 Å². The second kappa shape index (κ2) is 28.4. The maximum absolute atomic E-state index is 14.6. The number of nitrogens with one attached hydrogen (secondary N) is 9. The molecule has 0 saturated carbocycles. The number of benzene rings is 1. The highest BCUT2D eigenvalue weighted by Crippen LogP contribution is 2.22. The van der Waals surface area contributed by atoms with Crippen LogP contribution in [0, 0.1) is 5.41 Å². The summed E-state index contributed by atoms with van der Waals surface area (Å²) in [6.45, 7) is 1.21. The van der Waals surface area contributed by atoms with E-state index in [1.54, 1.807) is 30.3 Å². The molecule has 2 fully saturated rings. The van der Waals surface area contributed by atoms with E-state index in [-0.39, 0.29) is 77.0 Å². The highest BCUT2D eigenvalue weighted by atomic mass is 32.2. The molecule has 2 aliphatic heterocycles. The Hall–Kier alpha value is -7.25. The van der Waals surface area contributed by atoms with Gasteiger partial charge in [0, 0.05) is 52.0 Å². The highest BCUT2D eigenvalue weighted by Gasteiger charge is 2.41. The fraction of sp³-hybridized carbons (Fsp3) is 0.556. The molecule has 1 aromatic carbocycles. The summed E-state index contributed by atoms with van der Waals surface area (Å²) in [5.41, 5.74) is 6.24. The SMILES string of the molecule is CSCC[C@H](NC(C)=O)C(=O)N[C@@H](CCC(=O)O)C(=O)N[C@@H](Cc1c[nH]cn1)C(=O)N[C@@H](Cc1ccccc1)C(=O)N1CCC[C@H]1C(=O)NCC(=O)N1CCC[C@H]1C(=O)N[C@@H](CCCNC(=N)N)C(=O)O. The van der Waals surface area contributed by atoms with E-state index in [9.17, 15) is 58.2 Å². The van der Waals surface area contributed by atoms with Gasteiger partial charge in [0.1, 0.15) is 42.3 Å². The lowest BCUT2D eigenvalue weighted by Gasteiger charge is -2.30. The van der Waals surface area contributed by atoms with Gasteiger partial charge < -0.3 is 67.9 Å². The first-order valence-electron chi connectivity index (χ1n) is 23.3. The molecule has 0 radical (unpaired) electrons. The number of hydrogen-bond donors (Lipinski definition) is 12. The number of guanidine groups is 1. The van der Waals surface area contributed by atoms with Crippen molar-refractivity contribution in [1.29, 1.82) is 5.41 Å². The topological polar surface area (TPSA) is 380 Å². The summed E-state index contributed by atoms with van der Waals surface area (Å²) in [4.78, 5) is 142. The number of H-pyrrole nitrogens is 1. The molecular formula is C45H65N13O12S. The molecule has 388 valence electrons. The van der Waals surface area contributed by atoms with Crippen LogP contribution in [0.5, 0.6) is 0 Å². The number of aliphatic carboxylic acids is 2. The molecule has 0 spiro atoms. The lowest BCUT2D eigenvalue weighted by Crippen LogP contribution is -2.60. The van der Waals surface area contributed by atoms with Crippen LogP contribution in [-0.2, 0) is 60.8 Å². The van der Waals surface area contributed by atoms with Gasteiger partial charge in [-0.2, -0.15) is 11.8 Å². The monoisotopic (exact) mass is 1010 g/mol. The number of carbonyl (C=O) groups excluding carboxylic acids is 8. The Morgan fingerprint density at radius 1 is 0.775 bits per heavy atom. The van der Waals surface area contributed by atoms with Gasteiger partial charge in [0.2, 0.25) is 47.3 Å². The van der Waals surface area contributed by atoms with Gasteiger partial charge in [-0.05, 0) is 68.9 Å². The Bertz CT molecular complexity index is 2200. The van der Waals surface area contributed by atoms with Gasteiger partial charge in [-0.25, -0.2) is 9.78 Å². The highest BCUT2D eigenvalue weighted by molar-refractivity contribution is 7.98. The van der Waals surface area contributed by atoms with Crippen molar-refractivity contribution in [2.24, 2.45) is 5.73 Å². The molecule has 8 amide bonds. The van der Waals surface area contributed by atoms with Crippen LogP contribution in [0.25, 0.3) is 0 Å². The van der Waals surface area contributed by atoms with E-state index >= 15 is 0 Å². The number of carbonyl (C=O) groups is 10. The third-order valence-electron chi connectivity index (χ3n) is 11.8. The van der Waals surface area contributed by atoms with Crippen LogP contribution in [0.4, 0.5) is 0 Å². The Morgan fingerprint density at radius 3 is 2.00 bits per heavy atom. The Kier molecular flexibility index (Phi) is 22.6. The van der Waals surface area contributed by atoms with Gasteiger partial charge in [0.05, 0.1) is 18.6 Å². The number of likely N-dealkylation sites (tertiary alicyclic amines) is 2. The molecule has 7 atom stereocenters. The summed E-state index contributed by atoms with van der Waals surface area (Å²) in [5.74, 6) is -7.90. The van der Waals surface area contributed by atoms with E-state index in [1.807, 2.05) is 6.26 Å². The Labute approximate surface area is 414 Å². The number of thioether (sulfide) groups is 1. The molecule has 71 heavy (non-hydrogen) atoms. The molecule has 25 nitrogen and oxygen atoms in total. The van der Waals surface area contributed by atoms with Crippen LogP contribution in [0.1, 0.15) is 76.0 Å². The lowest BCUT2D eigenvalue weighted by molar-refractivity contribution is -0.144. The van der Waals surface area contributed by atoms with Crippen molar-refractivity contribution in [3.8, 4) is 0 Å². The summed E-state index contributed by atoms with van der Waals surface area (Å²) in [6.07, 6.45) is 5.32. The van der Waals surface area contributed by atoms with Crippen LogP contribution in [-0.4, -0.2) is 176 Å². The number of carboxylic acids is 2. The molecule has 2 aromatic rings. The summed E-state index contributed by atoms with van der Waals surface area (Å²) in [7, 11) is 0. The quantitative estimate of drug-likeness (QED) is 0.0242. The van der Waals surface area contributed by atoms with E-state index in [0.717, 1.165) is 0 Å². The molecule has 4 rings (SSSR count). The van der Waals surface area contributed by atoms with Crippen LogP contribution >= 0.6 is 11.8 Å². The third kappa shape index (κ3) is 18.2. The molecule has 0 aliphatic carbocycles. The number of carboxylic acid groups (broad SMARTS) is 2. The number of hydrogen-bond acceptors (Lipinski definition) is 13. The number of imidazole rings is 1. The summed E-state index contributed by atoms with van der Waals surface area (Å²) >= 11 is 1.42. The number of rotatable bonds is 28. The average molecular weight is 1010 g/mol. The standard InChI is InChI=1S/C45H65N13O12S/c1-26(59)52-30(16-20-71-2)39(64)53-29(14-15-37(61)62)38(63)55-32(22-28-23-48-25-51-28)40(65)56-33(21-27-9-4-3-5-10-27)43(68)58-19-8-12-34(58)41(66)50-24-36(60)57-18-7-13-35(57)42(67)54-31(44(69)70)11-6-17-49-45(46)47/h3-5,9-10,23,25,29-35H,6-8,11-22,24H2,1-2H3,(H,48,51)(H,50,66)(H,52,59)(H,53,64)(H,54,67)(H,55,63)(H,56,65)(H,61,62)(H,69,70)(H4,46,47,49)/t29-,30-,31-,32-,33-,34-,35-/m0/s1. The van der Waals surface area contributed by atoms with Gasteiger partial charge in [0.25, 0.3) is 0 Å². The minimum absolute atomic E-state index is 0.0342. The van der Waals surface area contributed by atoms with Crippen molar-refractivity contribution in [3.05, 3.63) is 54.1 Å². The Morgan fingerprint density at radius 2 is 1.39 bits per heavy atom. The zero-order chi connectivity index (χ0) is 52.0. The van der Waals surface area contributed by atoms with Gasteiger partial charge in [-0.15, -0.1) is 0 Å². The number of aromatic amines is 1. The normalized spacial score (nSPS) is 17.3. The largest absolute Gasteiger partial charge is 0.481 e. The lowest BCUT2D eigenvalue weighted by atomic mass is 10.0. The number of nitrogens with two attached hydrogens (primary N) is 1. The van der Waals surface area contributed by atoms with E-state index in [2.05, 4.69) is 47.2 Å². The van der Waals surface area contributed by atoms with Crippen LogP contribution < -0.4 is 43.0 Å². The maximum atomic E-state index is 14.6. The second-order valence-electron chi connectivity index (χ2n) is 17.1. The van der Waals surface area contributed by atoms with Gasteiger partial charge in [-0.3, -0.25) is 48.6 Å². The summed E-state index contributed by atoms with van der Waals surface area (Å²) < 4.78 is 0. The van der Waals surface area contributed by atoms with Crippen molar-refractivity contribution in [3.63, 3.8) is 0 Å². The number of nitrogens with zero attached hydrogens (tertiary/aromatic N) is 3. The van der Waals surface area contributed by atoms with E-state index in [0.29, 0.717) is 29.9 Å². The van der Waals surface area contributed by atoms with Gasteiger partial charge in [0.15, 0.2) is 5.96 Å². The minimum Gasteiger partial charge on any atom is -0.481 e. The van der Waals surface area contributed by atoms with Crippen molar-refractivity contribution in [1.82, 2.24) is 57.0 Å². The van der Waals surface area contributed by atoms with Crippen molar-refractivity contribution in [2.75, 3.05) is 38.2 Å². The van der Waals surface area contributed by atoms with Gasteiger partial charge >= 0.3 is 11.9 Å². The molecule has 0 unspecified atom stereocenters. The van der Waals surface area contributed by atoms with Crippen molar-refractivity contribution >= 4 is 76.9 Å². The molecule has 13 N–H and O–H groups in total. The molecule has 2 saturated heterocycles. The number of amides is 8. The van der Waals surface area contributed by atoms with Crippen LogP contribution in [0.15, 0.2) is 42.9 Å². The second-order valence-corrected chi connectivity index (χ2v) is 18.1. The van der Waals surface area contributed by atoms with Gasteiger partial charge in [-0.1, -0.05) is 30.3 Å². The zero-order valence-corrected chi connectivity index (χ0v) is 40.5. The molecule has 0 bridgehead atoms. The predicted octanol–water partition coefficient (Wildman–Crippen LogP) is -2.30. The molecule has 3 heterocycles. The molecular weight excluding hydrogens is 947 g/mol. The number of aromatic nitrogens is 2. The Balaban J connectivity index is 1.49. The first-order chi connectivity index (χ1) is 33.9. The first kappa shape index (κ1) is 56.3. The molecule has 26 heteroatoms. The van der Waals surface area contributed by atoms with E-state index in [4.69, 9.17) is 11.1 Å². The minimum atomic E-state index is -1.47. The maximum Gasteiger partial charge on any atom is 0.326 e. The predicted molar refractivity (Wildman–Crippen MR) is 257 cm³/mol. The van der Waals surface area contributed by atoms with E-state index in [1.165, 1.54) is 41.0 Å². The fourth-order valence-electron chi connectivity index (χ4n) is 8.25. The smallest absolute Gasteiger partial charge is 0.326 e. The summed E-state index contributed by atoms with van der Waals surface area (Å²) in [6, 6.07) is 0.149. The first-order valence-corrected chi connectivity index (χ1v) is 24.7. The average Bonchev–Trinajstić information content (AvgIpc) is 4.15. The molecule has 2 aliphatic rings. The molecule has 1 aromatic heterocycles.